The summed E-state index contributed by atoms with van der Waals surface area (Å²) in [6.07, 6.45) is -1.09. The van der Waals surface area contributed by atoms with E-state index in [-0.39, 0.29) is 6.42 Å². The first kappa shape index (κ1) is 17.6. The molecule has 0 rings (SSSR count). The molecule has 1 N–H and O–H groups in total. The van der Waals surface area contributed by atoms with E-state index in [0.717, 1.165) is 13.8 Å². The number of ether oxygens (including phenoxy) is 1. The first-order valence-corrected chi connectivity index (χ1v) is 6.66. The Hall–Kier alpha value is -0.360. The zero-order valence-corrected chi connectivity index (χ0v) is 11.8. The molecule has 0 saturated carbocycles. The summed E-state index contributed by atoms with van der Waals surface area (Å²) in [6, 6.07) is 0. The first-order chi connectivity index (χ1) is 8.03. The summed E-state index contributed by atoms with van der Waals surface area (Å²) < 4.78 is 46.9. The molecule has 8 heteroatoms. The topological polar surface area (TPSA) is 72.8 Å². The van der Waals surface area contributed by atoms with Crippen LogP contribution in [0.5, 0.6) is 0 Å². The molecule has 0 aliphatic heterocycles. The minimum Gasteiger partial charge on any atom is -0.382 e. The average Bonchev–Trinajstić information content (AvgIpc) is 2.23. The van der Waals surface area contributed by atoms with Gasteiger partial charge in [-0.05, 0) is 27.2 Å². The Morgan fingerprint density at radius 3 is 2.33 bits per heavy atom. The number of hydrogen-bond donors (Lipinski definition) is 1. The lowest BCUT2D eigenvalue weighted by Gasteiger charge is -2.27. The Bertz CT molecular complexity index is 319. The van der Waals surface area contributed by atoms with Crippen LogP contribution in [0.1, 0.15) is 33.6 Å². The van der Waals surface area contributed by atoms with Gasteiger partial charge in [0, 0.05) is 13.5 Å². The number of carbonyl (C=O) groups is 1. The first-order valence-electron chi connectivity index (χ1n) is 5.40. The van der Waals surface area contributed by atoms with E-state index in [1.165, 1.54) is 7.11 Å². The van der Waals surface area contributed by atoms with Gasteiger partial charge in [-0.15, -0.1) is 0 Å². The second-order valence-corrected chi connectivity index (χ2v) is 5.23. The van der Waals surface area contributed by atoms with Crippen molar-refractivity contribution < 1.29 is 32.3 Å². The van der Waals surface area contributed by atoms with Crippen LogP contribution < -0.4 is 0 Å². The van der Waals surface area contributed by atoms with Crippen molar-refractivity contribution >= 4 is 14.0 Å². The SMILES string of the molecule is COC(C)CCC(F)(F)C(=O)C(C)(C)O[PH](=O)O. The van der Waals surface area contributed by atoms with E-state index >= 15 is 0 Å². The zero-order valence-electron chi connectivity index (χ0n) is 10.8. The van der Waals surface area contributed by atoms with Crippen LogP contribution in [0.4, 0.5) is 8.78 Å². The Kier molecular flexibility index (Phi) is 6.57. The second kappa shape index (κ2) is 6.70. The van der Waals surface area contributed by atoms with Crippen molar-refractivity contribution in [2.75, 3.05) is 7.11 Å². The minimum atomic E-state index is -3.62. The molecule has 0 saturated heterocycles. The van der Waals surface area contributed by atoms with Crippen molar-refractivity contribution in [3.05, 3.63) is 0 Å². The number of rotatable bonds is 8. The van der Waals surface area contributed by atoms with Crippen molar-refractivity contribution in [2.24, 2.45) is 0 Å². The molecule has 0 aromatic rings. The maximum absolute atomic E-state index is 13.6. The Morgan fingerprint density at radius 2 is 1.94 bits per heavy atom. The van der Waals surface area contributed by atoms with Gasteiger partial charge < -0.3 is 9.63 Å². The van der Waals surface area contributed by atoms with Crippen LogP contribution in [-0.4, -0.2) is 35.4 Å². The second-order valence-electron chi connectivity index (χ2n) is 4.50. The van der Waals surface area contributed by atoms with Gasteiger partial charge in [-0.1, -0.05) is 0 Å². The molecule has 0 amide bonds. The molecule has 0 aromatic carbocycles. The third kappa shape index (κ3) is 5.52. The van der Waals surface area contributed by atoms with E-state index < -0.39 is 38.1 Å². The maximum atomic E-state index is 13.6. The number of ketones is 1. The van der Waals surface area contributed by atoms with Gasteiger partial charge in [0.15, 0.2) is 0 Å². The van der Waals surface area contributed by atoms with Crippen molar-refractivity contribution in [1.82, 2.24) is 0 Å². The van der Waals surface area contributed by atoms with Crippen molar-refractivity contribution in [2.45, 2.75) is 51.2 Å². The molecular weight excluding hydrogens is 269 g/mol. The van der Waals surface area contributed by atoms with Crippen molar-refractivity contribution in [3.8, 4) is 0 Å². The third-order valence-electron chi connectivity index (χ3n) is 2.49. The molecule has 0 bridgehead atoms. The number of carbonyl (C=O) groups excluding carboxylic acids is 1. The van der Waals surface area contributed by atoms with Crippen LogP contribution in [0.2, 0.25) is 0 Å². The predicted octanol–water partition coefficient (Wildman–Crippen LogP) is 2.18. The van der Waals surface area contributed by atoms with Crippen LogP contribution in [0, 0.1) is 0 Å². The smallest absolute Gasteiger partial charge is 0.317 e. The van der Waals surface area contributed by atoms with Crippen LogP contribution in [-0.2, 0) is 18.6 Å². The predicted molar refractivity (Wildman–Crippen MR) is 62.0 cm³/mol. The van der Waals surface area contributed by atoms with Gasteiger partial charge in [0.25, 0.3) is 0 Å². The monoisotopic (exact) mass is 288 g/mol. The number of methoxy groups -OCH3 is 1. The molecule has 0 heterocycles. The van der Waals surface area contributed by atoms with Crippen LogP contribution >= 0.6 is 8.25 Å². The van der Waals surface area contributed by atoms with Crippen LogP contribution in [0.3, 0.4) is 0 Å². The zero-order chi connectivity index (χ0) is 14.6. The van der Waals surface area contributed by atoms with Gasteiger partial charge in [-0.2, -0.15) is 8.78 Å². The quantitative estimate of drug-likeness (QED) is 0.693. The van der Waals surface area contributed by atoms with Gasteiger partial charge in [0.1, 0.15) is 5.60 Å². The van der Waals surface area contributed by atoms with E-state index in [1.54, 1.807) is 6.92 Å². The number of hydrogen-bond acceptors (Lipinski definition) is 4. The summed E-state index contributed by atoms with van der Waals surface area (Å²) in [5, 5.41) is 0. The number of Topliss-reactive ketones (excluding diaryl/α,β-unsaturated/α-hetero) is 1. The highest BCUT2D eigenvalue weighted by Gasteiger charge is 2.48. The molecule has 0 aromatic heterocycles. The molecule has 0 radical (unpaired) electrons. The summed E-state index contributed by atoms with van der Waals surface area (Å²) in [5.74, 6) is -5.13. The van der Waals surface area contributed by atoms with Gasteiger partial charge in [0.2, 0.25) is 5.78 Å². The Labute approximate surface area is 105 Å². The van der Waals surface area contributed by atoms with Gasteiger partial charge in [0.05, 0.1) is 6.10 Å². The molecule has 0 spiro atoms. The van der Waals surface area contributed by atoms with E-state index in [0.29, 0.717) is 0 Å². The fourth-order valence-corrected chi connectivity index (χ4v) is 1.85. The van der Waals surface area contributed by atoms with E-state index in [2.05, 4.69) is 4.52 Å². The molecule has 2 atom stereocenters. The number of alkyl halides is 2. The highest BCUT2D eigenvalue weighted by Crippen LogP contribution is 2.34. The summed E-state index contributed by atoms with van der Waals surface area (Å²) in [4.78, 5) is 20.1. The molecule has 0 aliphatic rings. The van der Waals surface area contributed by atoms with Crippen molar-refractivity contribution in [3.63, 3.8) is 0 Å². The summed E-state index contributed by atoms with van der Waals surface area (Å²) >= 11 is 0. The molecule has 108 valence electrons. The van der Waals surface area contributed by atoms with Crippen LogP contribution in [0.15, 0.2) is 0 Å². The third-order valence-corrected chi connectivity index (χ3v) is 3.17. The van der Waals surface area contributed by atoms with Gasteiger partial charge >= 0.3 is 14.2 Å². The van der Waals surface area contributed by atoms with Crippen molar-refractivity contribution in [1.29, 1.82) is 0 Å². The summed E-state index contributed by atoms with van der Waals surface area (Å²) in [6.45, 7) is 3.69. The molecule has 0 aliphatic carbocycles. The minimum absolute atomic E-state index is 0.000368. The maximum Gasteiger partial charge on any atom is 0.317 e. The lowest BCUT2D eigenvalue weighted by atomic mass is 9.94. The number of halogens is 2. The van der Waals surface area contributed by atoms with E-state index in [1.807, 2.05) is 0 Å². The molecule has 0 fully saturated rings. The van der Waals surface area contributed by atoms with Crippen LogP contribution in [0.25, 0.3) is 0 Å². The fraction of sp³-hybridized carbons (Fsp3) is 0.900. The fourth-order valence-electron chi connectivity index (χ4n) is 1.32. The lowest BCUT2D eigenvalue weighted by Crippen LogP contribution is -2.45. The standard InChI is InChI=1S/C10H19F2O5P/c1-7(16-4)5-6-10(11,12)8(13)9(2,3)17-18(14)15/h7,18H,5-6H2,1-4H3,(H,14,15). The Morgan fingerprint density at radius 1 is 1.44 bits per heavy atom. The van der Waals surface area contributed by atoms with E-state index in [4.69, 9.17) is 9.63 Å². The lowest BCUT2D eigenvalue weighted by molar-refractivity contribution is -0.159. The molecule has 5 nitrogen and oxygen atoms in total. The van der Waals surface area contributed by atoms with E-state index in [9.17, 15) is 18.1 Å². The molecule has 2 unspecified atom stereocenters. The highest BCUT2D eigenvalue weighted by molar-refractivity contribution is 7.32. The normalized spacial score (nSPS) is 16.4. The largest absolute Gasteiger partial charge is 0.382 e. The molecule has 18 heavy (non-hydrogen) atoms. The van der Waals surface area contributed by atoms with Gasteiger partial charge in [-0.3, -0.25) is 13.9 Å². The average molecular weight is 288 g/mol. The molecular formula is C10H19F2O5P. The highest BCUT2D eigenvalue weighted by atomic mass is 31.1. The summed E-state index contributed by atoms with van der Waals surface area (Å²) in [5.41, 5.74) is -2.00. The summed E-state index contributed by atoms with van der Waals surface area (Å²) in [7, 11) is -2.08. The van der Waals surface area contributed by atoms with Gasteiger partial charge in [-0.25, -0.2) is 0 Å². The Balaban J connectivity index is 4.68.